The largest absolute Gasteiger partial charge is 0.463 e. The van der Waals surface area contributed by atoms with Crippen molar-refractivity contribution in [1.82, 2.24) is 14.8 Å². The number of furan rings is 1. The lowest BCUT2D eigenvalue weighted by molar-refractivity contribution is -0.133. The molecule has 32 heavy (non-hydrogen) atoms. The van der Waals surface area contributed by atoms with E-state index >= 15 is 0 Å². The Bertz CT molecular complexity index is 1290. The number of aromatic nitrogens is 1. The maximum Gasteiger partial charge on any atom is 0.271 e. The normalized spacial score (nSPS) is 18.1. The molecule has 1 unspecified atom stereocenters. The molecule has 0 spiro atoms. The fourth-order valence-electron chi connectivity index (χ4n) is 4.26. The number of carbonyl (C=O) groups excluding carboxylic acids is 2. The van der Waals surface area contributed by atoms with E-state index in [1.807, 2.05) is 60.0 Å². The van der Waals surface area contributed by atoms with E-state index in [-0.39, 0.29) is 18.4 Å². The molecule has 1 aliphatic heterocycles. The maximum absolute atomic E-state index is 13.6. The highest BCUT2D eigenvalue weighted by molar-refractivity contribution is 6.30. The predicted octanol–water partition coefficient (Wildman–Crippen LogP) is 4.62. The molecular weight excluding hydrogens is 426 g/mol. The van der Waals surface area contributed by atoms with Crippen molar-refractivity contribution in [2.75, 3.05) is 0 Å². The third-order valence-electron chi connectivity index (χ3n) is 6.09. The summed E-state index contributed by atoms with van der Waals surface area (Å²) in [6.45, 7) is 2.82. The second-order valence-electron chi connectivity index (χ2n) is 8.25. The molecule has 2 aromatic carbocycles. The van der Waals surface area contributed by atoms with E-state index in [1.165, 1.54) is 0 Å². The second kappa shape index (κ2) is 7.88. The first-order chi connectivity index (χ1) is 15.5. The van der Waals surface area contributed by atoms with Gasteiger partial charge in [0.2, 0.25) is 5.91 Å². The number of rotatable bonds is 5. The lowest BCUT2D eigenvalue weighted by atomic mass is 9.93. The minimum atomic E-state index is -1.10. The average molecular weight is 448 g/mol. The molecular formula is C25H22ClN3O3. The summed E-state index contributed by atoms with van der Waals surface area (Å²) < 4.78 is 7.39. The zero-order valence-corrected chi connectivity index (χ0v) is 18.3. The van der Waals surface area contributed by atoms with Crippen LogP contribution in [0.15, 0.2) is 77.4 Å². The lowest BCUT2D eigenvalue weighted by Crippen LogP contribution is -2.63. The van der Waals surface area contributed by atoms with Crippen LogP contribution in [0.25, 0.3) is 11.1 Å². The summed E-state index contributed by atoms with van der Waals surface area (Å²) in [5, 5.41) is 3.65. The van der Waals surface area contributed by atoms with E-state index in [0.29, 0.717) is 29.4 Å². The van der Waals surface area contributed by atoms with Crippen LogP contribution < -0.4 is 5.32 Å². The zero-order valence-electron chi connectivity index (χ0n) is 17.5. The molecule has 2 aromatic heterocycles. The highest BCUT2D eigenvalue weighted by Gasteiger charge is 2.47. The highest BCUT2D eigenvalue weighted by Crippen LogP contribution is 2.34. The molecule has 0 aliphatic carbocycles. The minimum absolute atomic E-state index is 0.209. The quantitative estimate of drug-likeness (QED) is 0.485. The van der Waals surface area contributed by atoms with Gasteiger partial charge in [-0.2, -0.15) is 0 Å². The van der Waals surface area contributed by atoms with Crippen molar-refractivity contribution in [3.8, 4) is 0 Å². The second-order valence-corrected chi connectivity index (χ2v) is 8.68. The monoisotopic (exact) mass is 447 g/mol. The van der Waals surface area contributed by atoms with Gasteiger partial charge in [0.25, 0.3) is 5.91 Å². The van der Waals surface area contributed by atoms with Gasteiger partial charge < -0.3 is 19.2 Å². The van der Waals surface area contributed by atoms with Gasteiger partial charge in [0, 0.05) is 30.2 Å². The number of fused-ring (bicyclic) bond motifs is 3. The Balaban J connectivity index is 1.51. The van der Waals surface area contributed by atoms with Crippen LogP contribution in [0.5, 0.6) is 0 Å². The van der Waals surface area contributed by atoms with Gasteiger partial charge in [-0.15, -0.1) is 0 Å². The van der Waals surface area contributed by atoms with E-state index in [2.05, 4.69) is 5.32 Å². The van der Waals surface area contributed by atoms with Crippen LogP contribution in [-0.2, 0) is 24.4 Å². The van der Waals surface area contributed by atoms with Crippen LogP contribution in [0, 0.1) is 0 Å². The molecule has 1 aliphatic rings. The lowest BCUT2D eigenvalue weighted by Gasteiger charge is -2.44. The Morgan fingerprint density at radius 2 is 1.84 bits per heavy atom. The van der Waals surface area contributed by atoms with Crippen molar-refractivity contribution in [2.24, 2.45) is 0 Å². The van der Waals surface area contributed by atoms with Gasteiger partial charge >= 0.3 is 0 Å². The standard InChI is InChI=1S/C25H22ClN3O3/c1-25(24(31)27-14-17-5-3-2-4-6-17)16-28-20-11-12-32-22(20)13-21(28)23(30)29(25)15-18-7-9-19(26)10-8-18/h2-13H,14-16H2,1H3,(H,27,31). The first kappa shape index (κ1) is 20.4. The van der Waals surface area contributed by atoms with Gasteiger partial charge in [-0.1, -0.05) is 54.1 Å². The van der Waals surface area contributed by atoms with Gasteiger partial charge in [0.05, 0.1) is 18.3 Å². The number of nitrogens with one attached hydrogen (secondary N) is 1. The van der Waals surface area contributed by atoms with Crippen molar-refractivity contribution in [1.29, 1.82) is 0 Å². The Morgan fingerprint density at radius 3 is 2.59 bits per heavy atom. The molecule has 2 amide bonds. The third kappa shape index (κ3) is 3.46. The Labute approximate surface area is 190 Å². The molecule has 4 aromatic rings. The number of hydrogen-bond donors (Lipinski definition) is 1. The van der Waals surface area contributed by atoms with Gasteiger partial charge in [-0.05, 0) is 30.2 Å². The van der Waals surface area contributed by atoms with Crippen LogP contribution >= 0.6 is 11.6 Å². The topological polar surface area (TPSA) is 67.5 Å². The minimum Gasteiger partial charge on any atom is -0.463 e. The number of amides is 2. The van der Waals surface area contributed by atoms with E-state index in [1.54, 1.807) is 29.4 Å². The molecule has 0 radical (unpaired) electrons. The predicted molar refractivity (Wildman–Crippen MR) is 122 cm³/mol. The Hall–Kier alpha value is -3.51. The summed E-state index contributed by atoms with van der Waals surface area (Å²) >= 11 is 6.03. The summed E-state index contributed by atoms with van der Waals surface area (Å²) in [5.74, 6) is -0.422. The van der Waals surface area contributed by atoms with E-state index in [0.717, 1.165) is 16.6 Å². The SMILES string of the molecule is CC1(C(=O)NCc2ccccc2)Cn2c(cc3occc32)C(=O)N1Cc1ccc(Cl)cc1. The molecule has 0 bridgehead atoms. The third-order valence-corrected chi connectivity index (χ3v) is 6.34. The molecule has 1 atom stereocenters. The first-order valence-corrected chi connectivity index (χ1v) is 10.8. The van der Waals surface area contributed by atoms with E-state index < -0.39 is 5.54 Å². The average Bonchev–Trinajstić information content (AvgIpc) is 3.39. The molecule has 0 saturated carbocycles. The Morgan fingerprint density at radius 1 is 1.09 bits per heavy atom. The molecule has 1 N–H and O–H groups in total. The molecule has 5 rings (SSSR count). The molecule has 162 valence electrons. The van der Waals surface area contributed by atoms with E-state index in [9.17, 15) is 9.59 Å². The fraction of sp³-hybridized carbons (Fsp3) is 0.200. The fourth-order valence-corrected chi connectivity index (χ4v) is 4.39. The van der Waals surface area contributed by atoms with Crippen molar-refractivity contribution < 1.29 is 14.0 Å². The van der Waals surface area contributed by atoms with Crippen LogP contribution in [0.2, 0.25) is 5.02 Å². The molecule has 7 heteroatoms. The number of benzene rings is 2. The van der Waals surface area contributed by atoms with Gasteiger partial charge in [0.1, 0.15) is 11.2 Å². The number of halogens is 1. The smallest absolute Gasteiger partial charge is 0.271 e. The summed E-state index contributed by atoms with van der Waals surface area (Å²) in [4.78, 5) is 28.8. The number of hydrogen-bond acceptors (Lipinski definition) is 3. The van der Waals surface area contributed by atoms with Crippen LogP contribution in [0.1, 0.15) is 28.5 Å². The van der Waals surface area contributed by atoms with Crippen molar-refractivity contribution >= 4 is 34.5 Å². The molecule has 0 fully saturated rings. The van der Waals surface area contributed by atoms with Crippen molar-refractivity contribution in [3.63, 3.8) is 0 Å². The van der Waals surface area contributed by atoms with Gasteiger partial charge in [-0.25, -0.2) is 0 Å². The maximum atomic E-state index is 13.6. The number of carbonyl (C=O) groups is 2. The number of nitrogens with zero attached hydrogens (tertiary/aromatic N) is 2. The van der Waals surface area contributed by atoms with Gasteiger partial charge in [0.15, 0.2) is 5.58 Å². The summed E-state index contributed by atoms with van der Waals surface area (Å²) in [5.41, 5.74) is 2.75. The Kier molecular flexibility index (Phi) is 5.02. The molecule has 6 nitrogen and oxygen atoms in total. The zero-order chi connectivity index (χ0) is 22.3. The first-order valence-electron chi connectivity index (χ1n) is 10.4. The summed E-state index contributed by atoms with van der Waals surface area (Å²) in [6, 6.07) is 20.6. The highest BCUT2D eigenvalue weighted by atomic mass is 35.5. The molecule has 3 heterocycles. The summed E-state index contributed by atoms with van der Waals surface area (Å²) in [6.07, 6.45) is 1.59. The van der Waals surface area contributed by atoms with Gasteiger partial charge in [-0.3, -0.25) is 9.59 Å². The summed E-state index contributed by atoms with van der Waals surface area (Å²) in [7, 11) is 0. The van der Waals surface area contributed by atoms with E-state index in [4.69, 9.17) is 16.0 Å². The molecule has 0 saturated heterocycles. The van der Waals surface area contributed by atoms with Crippen molar-refractivity contribution in [2.45, 2.75) is 32.1 Å². The van der Waals surface area contributed by atoms with Crippen LogP contribution in [0.3, 0.4) is 0 Å². The van der Waals surface area contributed by atoms with Crippen LogP contribution in [0.4, 0.5) is 0 Å². The van der Waals surface area contributed by atoms with Crippen LogP contribution in [-0.4, -0.2) is 26.8 Å². The van der Waals surface area contributed by atoms with Crippen molar-refractivity contribution in [3.05, 3.63) is 94.8 Å².